The Morgan fingerprint density at radius 3 is 1.95 bits per heavy atom. The Hall–Kier alpha value is 0.207. The van der Waals surface area contributed by atoms with Gasteiger partial charge in [0.2, 0.25) is 0 Å². The molecule has 0 unspecified atom stereocenters. The SMILES string of the molecule is COP(=O)(OC)OC[C@@H](O)[C@@](C)(O)CO[Si](C)(C)C(C)(C)C. The molecule has 0 spiro atoms. The van der Waals surface area contributed by atoms with Crippen molar-refractivity contribution in [3.63, 3.8) is 0 Å². The van der Waals surface area contributed by atoms with Crippen LogP contribution in [0.1, 0.15) is 27.7 Å². The molecule has 7 nitrogen and oxygen atoms in total. The molecule has 0 rings (SSSR count). The van der Waals surface area contributed by atoms with E-state index in [4.69, 9.17) is 8.95 Å². The van der Waals surface area contributed by atoms with Crippen molar-refractivity contribution in [2.45, 2.75) is 57.5 Å². The van der Waals surface area contributed by atoms with Gasteiger partial charge in [0.25, 0.3) is 0 Å². The summed E-state index contributed by atoms with van der Waals surface area (Å²) in [4.78, 5) is 0. The normalized spacial score (nSPS) is 18.1. The predicted molar refractivity (Wildman–Crippen MR) is 87.4 cm³/mol. The van der Waals surface area contributed by atoms with Crippen LogP contribution in [0.3, 0.4) is 0 Å². The predicted octanol–water partition coefficient (Wildman–Crippen LogP) is 2.54. The number of phosphoric ester groups is 1. The first-order valence-electron chi connectivity index (χ1n) is 7.11. The summed E-state index contributed by atoms with van der Waals surface area (Å²) in [6, 6.07) is 0. The van der Waals surface area contributed by atoms with Gasteiger partial charge in [0.15, 0.2) is 8.32 Å². The van der Waals surface area contributed by atoms with E-state index in [1.165, 1.54) is 21.1 Å². The summed E-state index contributed by atoms with van der Waals surface area (Å²) in [5, 5.41) is 20.4. The van der Waals surface area contributed by atoms with Crippen molar-refractivity contribution in [3.05, 3.63) is 0 Å². The van der Waals surface area contributed by atoms with Crippen LogP contribution < -0.4 is 0 Å². The standard InChI is InChI=1S/C13H31O7PSi/c1-12(2,3)22(7,8)20-10-13(4,15)11(14)9-19-21(16,17-5)18-6/h11,14-15H,9-10H2,1-8H3/t11-,13+/m1/s1. The molecule has 0 fully saturated rings. The average molecular weight is 358 g/mol. The smallest absolute Gasteiger partial charge is 0.414 e. The van der Waals surface area contributed by atoms with Crippen molar-refractivity contribution in [2.24, 2.45) is 0 Å². The average Bonchev–Trinajstić information content (AvgIpc) is 2.41. The van der Waals surface area contributed by atoms with Crippen LogP contribution in [0.15, 0.2) is 0 Å². The first kappa shape index (κ1) is 22.2. The molecule has 2 N–H and O–H groups in total. The third kappa shape index (κ3) is 6.37. The van der Waals surface area contributed by atoms with Gasteiger partial charge >= 0.3 is 7.82 Å². The van der Waals surface area contributed by atoms with E-state index in [1.54, 1.807) is 0 Å². The number of hydrogen-bond donors (Lipinski definition) is 2. The number of aliphatic hydroxyl groups excluding tert-OH is 1. The summed E-state index contributed by atoms with van der Waals surface area (Å²) >= 11 is 0. The quantitative estimate of drug-likeness (QED) is 0.483. The lowest BCUT2D eigenvalue weighted by atomic mass is 10.0. The first-order chi connectivity index (χ1) is 9.71. The number of aliphatic hydroxyl groups is 2. The Bertz CT molecular complexity index is 384. The van der Waals surface area contributed by atoms with Crippen molar-refractivity contribution in [1.82, 2.24) is 0 Å². The Balaban J connectivity index is 4.65. The van der Waals surface area contributed by atoms with E-state index >= 15 is 0 Å². The molecule has 134 valence electrons. The van der Waals surface area contributed by atoms with E-state index in [0.29, 0.717) is 0 Å². The monoisotopic (exact) mass is 358 g/mol. The molecule has 2 atom stereocenters. The summed E-state index contributed by atoms with van der Waals surface area (Å²) in [7, 11) is -3.38. The second-order valence-corrected chi connectivity index (χ2v) is 13.7. The number of phosphoric acid groups is 1. The van der Waals surface area contributed by atoms with E-state index in [0.717, 1.165) is 0 Å². The number of rotatable bonds is 9. The van der Waals surface area contributed by atoms with Crippen LogP contribution in [0.5, 0.6) is 0 Å². The molecule has 0 aromatic carbocycles. The fraction of sp³-hybridized carbons (Fsp3) is 1.00. The molecule has 0 bridgehead atoms. The summed E-state index contributed by atoms with van der Waals surface area (Å²) < 4.78 is 31.8. The molecule has 0 aromatic heterocycles. The lowest BCUT2D eigenvalue weighted by molar-refractivity contribution is -0.105. The van der Waals surface area contributed by atoms with Gasteiger partial charge in [-0.3, -0.25) is 13.6 Å². The topological polar surface area (TPSA) is 94.5 Å². The minimum Gasteiger partial charge on any atom is -0.414 e. The van der Waals surface area contributed by atoms with Crippen LogP contribution in [-0.4, -0.2) is 57.7 Å². The van der Waals surface area contributed by atoms with Crippen molar-refractivity contribution in [3.8, 4) is 0 Å². The Morgan fingerprint density at radius 2 is 1.59 bits per heavy atom. The van der Waals surface area contributed by atoms with Crippen molar-refractivity contribution >= 4 is 16.1 Å². The van der Waals surface area contributed by atoms with Crippen molar-refractivity contribution in [1.29, 1.82) is 0 Å². The van der Waals surface area contributed by atoms with Gasteiger partial charge in [0.1, 0.15) is 11.7 Å². The van der Waals surface area contributed by atoms with Crippen LogP contribution in [-0.2, 0) is 22.6 Å². The first-order valence-corrected chi connectivity index (χ1v) is 11.5. The third-order valence-electron chi connectivity index (χ3n) is 4.09. The molecule has 0 amide bonds. The maximum absolute atomic E-state index is 11.7. The maximum Gasteiger partial charge on any atom is 0.474 e. The second-order valence-electron chi connectivity index (χ2n) is 7.03. The zero-order valence-electron chi connectivity index (χ0n) is 14.9. The van der Waals surface area contributed by atoms with E-state index in [1.807, 2.05) is 0 Å². The highest BCUT2D eigenvalue weighted by atomic mass is 31.2. The third-order valence-corrected chi connectivity index (χ3v) is 9.93. The molecule has 0 radical (unpaired) electrons. The highest BCUT2D eigenvalue weighted by molar-refractivity contribution is 7.48. The maximum atomic E-state index is 11.7. The lowest BCUT2D eigenvalue weighted by Crippen LogP contribution is -2.51. The van der Waals surface area contributed by atoms with E-state index in [2.05, 4.69) is 42.9 Å². The minimum absolute atomic E-state index is 0.00760. The van der Waals surface area contributed by atoms with Crippen LogP contribution in [0.2, 0.25) is 18.1 Å². The number of hydrogen-bond acceptors (Lipinski definition) is 7. The molecule has 0 saturated carbocycles. The van der Waals surface area contributed by atoms with Crippen LogP contribution in [0.25, 0.3) is 0 Å². The van der Waals surface area contributed by atoms with Gasteiger partial charge < -0.3 is 14.6 Å². The summed E-state index contributed by atoms with van der Waals surface area (Å²) in [6.07, 6.45) is -1.30. The Kier molecular flexibility index (Phi) is 7.93. The second kappa shape index (κ2) is 7.85. The minimum atomic E-state index is -3.69. The fourth-order valence-electron chi connectivity index (χ4n) is 1.16. The molecule has 0 saturated heterocycles. The van der Waals surface area contributed by atoms with Crippen molar-refractivity contribution in [2.75, 3.05) is 27.4 Å². The summed E-state index contributed by atoms with van der Waals surface area (Å²) in [5.41, 5.74) is -1.54. The van der Waals surface area contributed by atoms with Gasteiger partial charge in [-0.1, -0.05) is 20.8 Å². The van der Waals surface area contributed by atoms with Crippen LogP contribution >= 0.6 is 7.82 Å². The molecular formula is C13H31O7PSi. The van der Waals surface area contributed by atoms with E-state index in [-0.39, 0.29) is 11.6 Å². The van der Waals surface area contributed by atoms with Crippen molar-refractivity contribution < 1.29 is 32.8 Å². The van der Waals surface area contributed by atoms with Gasteiger partial charge in [0.05, 0.1) is 13.2 Å². The molecule has 0 aliphatic heterocycles. The molecule has 0 aliphatic carbocycles. The van der Waals surface area contributed by atoms with Crippen LogP contribution in [0.4, 0.5) is 0 Å². The zero-order chi connectivity index (χ0) is 17.8. The fourth-order valence-corrected chi connectivity index (χ4v) is 2.93. The molecular weight excluding hydrogens is 327 g/mol. The highest BCUT2D eigenvalue weighted by Crippen LogP contribution is 2.47. The van der Waals surface area contributed by atoms with Crippen LogP contribution in [0, 0.1) is 0 Å². The largest absolute Gasteiger partial charge is 0.474 e. The Morgan fingerprint density at radius 1 is 1.14 bits per heavy atom. The van der Waals surface area contributed by atoms with Gasteiger partial charge in [-0.2, -0.15) is 0 Å². The van der Waals surface area contributed by atoms with Gasteiger partial charge in [-0.25, -0.2) is 4.57 Å². The molecule has 0 aromatic rings. The highest BCUT2D eigenvalue weighted by Gasteiger charge is 2.41. The van der Waals surface area contributed by atoms with E-state index < -0.39 is 34.5 Å². The summed E-state index contributed by atoms with van der Waals surface area (Å²) in [6.45, 7) is 11.4. The molecule has 0 aliphatic rings. The van der Waals surface area contributed by atoms with Gasteiger partial charge in [0, 0.05) is 14.2 Å². The van der Waals surface area contributed by atoms with E-state index in [9.17, 15) is 14.8 Å². The lowest BCUT2D eigenvalue weighted by Gasteiger charge is -2.39. The van der Waals surface area contributed by atoms with Gasteiger partial charge in [-0.15, -0.1) is 0 Å². The van der Waals surface area contributed by atoms with Gasteiger partial charge in [-0.05, 0) is 25.1 Å². The molecule has 9 heteroatoms. The molecule has 22 heavy (non-hydrogen) atoms. The Labute approximate surface area is 134 Å². The summed E-state index contributed by atoms with van der Waals surface area (Å²) in [5.74, 6) is 0. The zero-order valence-corrected chi connectivity index (χ0v) is 16.8. The molecule has 0 heterocycles.